The second kappa shape index (κ2) is 81.4. The van der Waals surface area contributed by atoms with Crippen LogP contribution in [0, 0.1) is 0 Å². The summed E-state index contributed by atoms with van der Waals surface area (Å²) in [5.41, 5.74) is -4.78. The molecular weight excluding hydrogens is 2270 g/mol. The maximum absolute atomic E-state index is 10.7. The number of aliphatic hydroxyl groups is 10. The molecule has 10 N–H and O–H groups in total. The number of hydrogen-bond acceptors (Lipinski definition) is 24. The van der Waals surface area contributed by atoms with E-state index in [-0.39, 0.29) is 168 Å². The Morgan fingerprint density at radius 3 is 0.626 bits per heavy atom. The molecule has 0 spiro atoms. The molecule has 0 heterocycles. The van der Waals surface area contributed by atoms with E-state index in [1.54, 1.807) is 118 Å². The van der Waals surface area contributed by atoms with Crippen LogP contribution in [0.2, 0.25) is 193 Å². The number of hydrazone groups is 4. The van der Waals surface area contributed by atoms with Gasteiger partial charge in [-0.1, -0.05) is 177 Å². The monoisotopic (exact) mass is 2470 g/mol. The molecule has 0 bridgehead atoms. The zero-order valence-electron chi connectivity index (χ0n) is 92.2. The van der Waals surface area contributed by atoms with Gasteiger partial charge in [-0.3, -0.25) is 0 Å². The standard InChI is InChI=1S/C12H29NOSi2.C11H26N2OSi.C9H23NOSi2.C9H21NOSi.C8H20N2OSi.C8H18N2O.C8H19NOSi.C8H17NOSi.C7H14N2O.C7H17NOSi.10Co/c1-8-16(9-2,10-3)12(4,14)11-13-15(5,6)7;1-7-15(8-2,9-3)11(4,14)10-12-13(5)6;1-9(11,12(2,3)4)8-10-13(5,6)7;1-6-9(11,7-2)8-10-12(3,4)5;1-8(11,12(4,5)6)7-9-10(2)3;1-5-8(11,6-2)7-9-10(3)4;2*1-6-8(2,10)7-9-11(3,4)5;1-5-7(2,10)6-8-9(3)4;1-7(2,9)6-8-10(3,4)5;;;;;;;;;;/h11,14H,8-10H2,1-7H3;10,14H,7-9H2,1-6H3;8,11H,1-7H3;8,11H,6-7H2,1-5H3;7,11H,1-6H3;7,11H,5-6H2,1-4H3;7,10H,6H2,1-5H3;6-7,10H,1H2,2-5H3;5-6,10H,1H2,2-4H3;6,9H,1-5H3;;;;;;;;;;. The second-order valence-electron chi connectivity index (χ2n) is 42.6. The molecule has 0 aromatic heterocycles. The van der Waals surface area contributed by atoms with E-state index in [1.165, 1.54) is 18.4 Å². The van der Waals surface area contributed by atoms with Crippen molar-refractivity contribution in [3.63, 3.8) is 0 Å². The SMILES string of the molecule is C=CC(C)(O)C=NN(C)C.C=CC(C)(O)C=N[Si](C)(C)C.CC(C)(O)C=N[Si](C)(C)C.CC(O)(C=N[Si](C)(C)C)[Si](C)(C)C.CCC(C)(O)C=N[Si](C)(C)C.CCC(O)(C=NN(C)C)CC.CCC(O)(C=N[Si](C)(C)C)CC.CC[Si](CC)(CC)C(C)(O)C=NN(C)C.CC[Si](CC)(CC)C(C)(O)C=N[Si](C)(C)C.CN(C)N=CC(C)(O)[Si](C)(C)C.[Co].[Co].[Co].[Co].[Co].[Co].[Co].[Co].[Co].[Co]. The van der Waals surface area contributed by atoms with E-state index in [2.05, 4.69) is 260 Å². The first-order valence-electron chi connectivity index (χ1n) is 44.0. The van der Waals surface area contributed by atoms with Gasteiger partial charge in [0.15, 0.2) is 49.4 Å². The van der Waals surface area contributed by atoms with Crippen molar-refractivity contribution in [3.8, 4) is 0 Å². The zero-order valence-corrected chi connectivity index (χ0v) is 113. The fourth-order valence-corrected chi connectivity index (χ4v) is 21.3. The number of nitrogens with zero attached hydrogens (tertiary/aromatic N) is 14. The number of hydrogen-bond donors (Lipinski definition) is 10. The third-order valence-corrected chi connectivity index (χ3v) is 44.1. The first kappa shape index (κ1) is 182. The Balaban J connectivity index is -0.0000000577. The fourth-order valence-electron chi connectivity index (χ4n) is 8.24. The van der Waals surface area contributed by atoms with Crippen molar-refractivity contribution in [2.75, 3.05) is 56.4 Å². The Hall–Kier alpha value is 2.21. The summed E-state index contributed by atoms with van der Waals surface area (Å²) >= 11 is 0. The van der Waals surface area contributed by atoms with Gasteiger partial charge >= 0.3 is 0 Å². The predicted octanol–water partition coefficient (Wildman–Crippen LogP) is 19.2. The molecule has 0 aliphatic heterocycles. The van der Waals surface area contributed by atoms with Gasteiger partial charge in [-0.2, -0.15) is 20.4 Å². The Kier molecular flexibility index (Phi) is 113. The van der Waals surface area contributed by atoms with Crippen molar-refractivity contribution >= 4 is 144 Å². The van der Waals surface area contributed by atoms with Gasteiger partial charge in [0, 0.05) is 261 Å². The van der Waals surface area contributed by atoms with Crippen molar-refractivity contribution in [1.82, 2.24) is 20.0 Å². The van der Waals surface area contributed by atoms with Gasteiger partial charge in [0.2, 0.25) is 0 Å². The topological polar surface area (TPSA) is 339 Å². The third-order valence-electron chi connectivity index (χ3n) is 19.7. The summed E-state index contributed by atoms with van der Waals surface area (Å²) < 4.78 is 26.5. The molecule has 0 saturated carbocycles. The van der Waals surface area contributed by atoms with Crippen LogP contribution in [0.3, 0.4) is 0 Å². The van der Waals surface area contributed by atoms with Gasteiger partial charge < -0.3 is 99.0 Å². The maximum Gasteiger partial charge on any atom is 0.171 e. The van der Waals surface area contributed by atoms with Crippen LogP contribution in [0.5, 0.6) is 0 Å². The Labute approximate surface area is 921 Å². The van der Waals surface area contributed by atoms with Crippen molar-refractivity contribution in [3.05, 3.63) is 25.3 Å². The third kappa shape index (κ3) is 109. The molecule has 0 fully saturated rings. The van der Waals surface area contributed by atoms with Crippen molar-refractivity contribution in [2.24, 2.45) is 48.4 Å². The molecule has 131 heavy (non-hydrogen) atoms. The van der Waals surface area contributed by atoms with Gasteiger partial charge in [-0.15, -0.1) is 0 Å². The normalized spacial score (nSPS) is 15.5. The summed E-state index contributed by atoms with van der Waals surface area (Å²) in [6, 6.07) is 6.70. The van der Waals surface area contributed by atoms with Crippen molar-refractivity contribution in [2.45, 2.75) is 418 Å². The molecule has 10 radical (unpaired) electrons. The van der Waals surface area contributed by atoms with Gasteiger partial charge in [0.1, 0.15) is 16.8 Å². The van der Waals surface area contributed by atoms with E-state index in [9.17, 15) is 51.1 Å². The van der Waals surface area contributed by atoms with Crippen LogP contribution >= 0.6 is 0 Å². The first-order chi connectivity index (χ1) is 53.2. The summed E-state index contributed by atoms with van der Waals surface area (Å²) in [7, 11) is -0.103. The summed E-state index contributed by atoms with van der Waals surface area (Å²) in [5.74, 6) is 0. The predicted molar refractivity (Wildman–Crippen MR) is 573 cm³/mol. The van der Waals surface area contributed by atoms with Crippen LogP contribution in [0.1, 0.15) is 171 Å². The first-order valence-corrected chi connectivity index (χ1v) is 76.9. The van der Waals surface area contributed by atoms with Gasteiger partial charge in [-0.05, 0) is 212 Å². The van der Waals surface area contributed by atoms with Crippen LogP contribution in [0.4, 0.5) is 0 Å². The molecule has 0 aliphatic carbocycles. The van der Waals surface area contributed by atoms with Crippen LogP contribution in [0.15, 0.2) is 73.7 Å². The molecule has 812 valence electrons. The van der Waals surface area contributed by atoms with Crippen LogP contribution in [0.25, 0.3) is 0 Å². The van der Waals surface area contributed by atoms with Crippen LogP contribution in [-0.4, -0.2) is 326 Å². The summed E-state index contributed by atoms with van der Waals surface area (Å²) in [5, 5.41) is 119. The molecular formula is C87H204Co10N14O10Si10. The Morgan fingerprint density at radius 1 is 0.237 bits per heavy atom. The quantitative estimate of drug-likeness (QED) is 0.0120. The van der Waals surface area contributed by atoms with Gasteiger partial charge in [-0.25, -0.2) is 0 Å². The molecule has 0 aromatic carbocycles. The average Bonchev–Trinajstić information content (AvgIpc) is 0.804. The largest absolute Gasteiger partial charge is 0.388 e. The molecule has 24 nitrogen and oxygen atoms in total. The van der Waals surface area contributed by atoms with Crippen LogP contribution in [-0.2, 0) is 168 Å². The van der Waals surface area contributed by atoms with Crippen molar-refractivity contribution < 1.29 is 219 Å². The minimum Gasteiger partial charge on any atom is -0.388 e. The molecule has 0 rings (SSSR count). The molecule has 7 atom stereocenters. The molecule has 0 saturated heterocycles. The van der Waals surface area contributed by atoms with E-state index in [1.807, 2.05) is 111 Å². The average molecular weight is 2480 g/mol. The van der Waals surface area contributed by atoms with E-state index in [4.69, 9.17) is 0 Å². The summed E-state index contributed by atoms with van der Waals surface area (Å²) in [6.07, 6.45) is 23.3. The minimum atomic E-state index is -1.63. The Bertz CT molecular complexity index is 3030. The van der Waals surface area contributed by atoms with Crippen LogP contribution < -0.4 is 0 Å². The fraction of sp³-hybridized carbons (Fsp3) is 0.839. The van der Waals surface area contributed by atoms with E-state index < -0.39 is 136 Å². The van der Waals surface area contributed by atoms with E-state index >= 15 is 0 Å². The molecule has 0 aromatic rings. The molecule has 44 heteroatoms. The van der Waals surface area contributed by atoms with Gasteiger partial charge in [0.25, 0.3) is 0 Å². The Morgan fingerprint density at radius 2 is 0.420 bits per heavy atom. The number of rotatable bonds is 37. The van der Waals surface area contributed by atoms with E-state index in [0.29, 0.717) is 12.8 Å². The summed E-state index contributed by atoms with van der Waals surface area (Å²) in [4.78, 5) is 0. The van der Waals surface area contributed by atoms with Gasteiger partial charge in [0.05, 0.1) is 94.9 Å². The summed E-state index contributed by atoms with van der Waals surface area (Å²) in [6.45, 7) is 97.8. The molecule has 0 aliphatic rings. The smallest absolute Gasteiger partial charge is 0.171 e. The molecule has 7 unspecified atom stereocenters. The van der Waals surface area contributed by atoms with E-state index in [0.717, 1.165) is 55.5 Å². The second-order valence-corrected chi connectivity index (χ2v) is 92.6. The minimum absolute atomic E-state index is 0. The molecule has 0 amide bonds. The maximum atomic E-state index is 10.7. The zero-order chi connectivity index (χ0) is 99.6. The van der Waals surface area contributed by atoms with Crippen molar-refractivity contribution in [1.29, 1.82) is 0 Å².